The molecule has 0 spiro atoms. The van der Waals surface area contributed by atoms with Crippen LogP contribution in [-0.4, -0.2) is 44.0 Å². The van der Waals surface area contributed by atoms with Gasteiger partial charge in [-0.25, -0.2) is 0 Å². The molecule has 0 aromatic heterocycles. The van der Waals surface area contributed by atoms with Crippen LogP contribution in [-0.2, 0) is 0 Å². The van der Waals surface area contributed by atoms with Gasteiger partial charge in [0.2, 0.25) is 0 Å². The van der Waals surface area contributed by atoms with E-state index in [0.29, 0.717) is 23.7 Å². The maximum absolute atomic E-state index is 9.63. The second-order valence-corrected chi connectivity index (χ2v) is 6.24. The third-order valence-corrected chi connectivity index (χ3v) is 1.33. The van der Waals surface area contributed by atoms with E-state index >= 15 is 0 Å². The molecule has 0 amide bonds. The van der Waals surface area contributed by atoms with Crippen LogP contribution in [0, 0.1) is 23.7 Å². The molecular weight excluding hydrogens is 329 g/mol. The molecule has 0 rings (SSSR count). The molecule has 21 heavy (non-hydrogen) atoms. The molecule has 0 atom stereocenters. The first-order chi connectivity index (χ1) is 9.08. The van der Waals surface area contributed by atoms with Crippen LogP contribution >= 0.6 is 0 Å². The van der Waals surface area contributed by atoms with Crippen molar-refractivity contribution in [1.82, 2.24) is 0 Å². The summed E-state index contributed by atoms with van der Waals surface area (Å²) in [6, 6.07) is 0. The maximum Gasteiger partial charge on any atom is 4.00 e. The first-order valence-corrected chi connectivity index (χ1v) is 7.41. The first-order valence-electron chi connectivity index (χ1n) is 7.41. The number of hydrogen-bond donors (Lipinski definition) is 0. The Kier molecular flexibility index (Phi) is 45.0. The number of hydrogen-bond acceptors (Lipinski definition) is 4. The molecule has 0 bridgehead atoms. The topological polar surface area (TPSA) is 92.2 Å². The summed E-state index contributed by atoms with van der Waals surface area (Å²) < 4.78 is 0. The summed E-state index contributed by atoms with van der Waals surface area (Å²) in [5.41, 5.74) is 0. The molecule has 0 radical (unpaired) electrons. The van der Waals surface area contributed by atoms with Crippen LogP contribution in [0.3, 0.4) is 0 Å². The minimum Gasteiger partial charge on any atom is -0.854 e. The summed E-state index contributed by atoms with van der Waals surface area (Å²) in [5.74, 6) is 1.31. The second-order valence-electron chi connectivity index (χ2n) is 6.24. The van der Waals surface area contributed by atoms with Gasteiger partial charge in [-0.05, 0) is 0 Å². The molecule has 0 unspecified atom stereocenters. The Morgan fingerprint density at radius 3 is 0.476 bits per heavy atom. The third kappa shape index (κ3) is 98.0. The maximum atomic E-state index is 9.63. The monoisotopic (exact) mass is 366 g/mol. The van der Waals surface area contributed by atoms with Gasteiger partial charge in [0.15, 0.2) is 0 Å². The number of rotatable bonds is 4. The molecule has 4 nitrogen and oxygen atoms in total. The molecule has 5 heteroatoms. The summed E-state index contributed by atoms with van der Waals surface area (Å²) in [4.78, 5) is 0. The van der Waals surface area contributed by atoms with Crippen LogP contribution in [0.1, 0.15) is 55.4 Å². The standard InChI is InChI=1S/4C4H9O.Ge/c4*1-4(2)3-5;/h4*4H,3H2,1-2H3;/q4*-1;+4. The minimum atomic E-state index is 0. The molecule has 0 saturated carbocycles. The molecular formula is C16H36GeO4. The summed E-state index contributed by atoms with van der Waals surface area (Å²) in [5, 5.41) is 38.5. The predicted molar refractivity (Wildman–Crippen MR) is 84.6 cm³/mol. The summed E-state index contributed by atoms with van der Waals surface area (Å²) in [6.45, 7) is 15.5. The van der Waals surface area contributed by atoms with E-state index in [-0.39, 0.29) is 44.0 Å². The van der Waals surface area contributed by atoms with Gasteiger partial charge in [0.05, 0.1) is 0 Å². The van der Waals surface area contributed by atoms with Gasteiger partial charge >= 0.3 is 17.6 Å². The second kappa shape index (κ2) is 28.5. The van der Waals surface area contributed by atoms with Gasteiger partial charge in [-0.15, -0.1) is 26.4 Å². The van der Waals surface area contributed by atoms with Crippen molar-refractivity contribution in [2.45, 2.75) is 55.4 Å². The fourth-order valence-electron chi connectivity index (χ4n) is 0. The minimum absolute atomic E-state index is 0. The molecule has 128 valence electrons. The molecule has 0 fully saturated rings. The Hall–Kier alpha value is 0.383. The Morgan fingerprint density at radius 2 is 0.476 bits per heavy atom. The smallest absolute Gasteiger partial charge is 0.854 e. The predicted octanol–water partition coefficient (Wildman–Crippen LogP) is -0.370. The average molecular weight is 365 g/mol. The fraction of sp³-hybridized carbons (Fsp3) is 1.00. The SMILES string of the molecule is CC(C)C[O-].CC(C)C[O-].CC(C)C[O-].CC(C)C[O-].[Ge+4]. The molecule has 0 saturated heterocycles. The van der Waals surface area contributed by atoms with Crippen LogP contribution in [0.5, 0.6) is 0 Å². The van der Waals surface area contributed by atoms with Gasteiger partial charge in [0, 0.05) is 0 Å². The molecule has 0 aliphatic heterocycles. The zero-order valence-electron chi connectivity index (χ0n) is 15.3. The normalized spacial score (nSPS) is 9.14. The molecule has 0 aromatic carbocycles. The van der Waals surface area contributed by atoms with Crippen molar-refractivity contribution in [3.05, 3.63) is 0 Å². The van der Waals surface area contributed by atoms with Crippen molar-refractivity contribution in [2.75, 3.05) is 26.4 Å². The first kappa shape index (κ1) is 33.1. The Labute approximate surface area is 144 Å². The van der Waals surface area contributed by atoms with E-state index in [1.807, 2.05) is 55.4 Å². The summed E-state index contributed by atoms with van der Waals surface area (Å²) in [6.07, 6.45) is 0. The average Bonchev–Trinajstić information content (AvgIpc) is 2.40. The van der Waals surface area contributed by atoms with Crippen molar-refractivity contribution in [3.63, 3.8) is 0 Å². The molecule has 0 aliphatic rings. The Morgan fingerprint density at radius 1 is 0.429 bits per heavy atom. The van der Waals surface area contributed by atoms with Crippen molar-refractivity contribution < 1.29 is 20.4 Å². The Balaban J connectivity index is -0.0000000533. The van der Waals surface area contributed by atoms with Gasteiger partial charge < -0.3 is 20.4 Å². The summed E-state index contributed by atoms with van der Waals surface area (Å²) >= 11 is 0. The van der Waals surface area contributed by atoms with Gasteiger partial charge in [-0.1, -0.05) is 79.1 Å². The van der Waals surface area contributed by atoms with E-state index in [9.17, 15) is 20.4 Å². The van der Waals surface area contributed by atoms with E-state index in [2.05, 4.69) is 0 Å². The van der Waals surface area contributed by atoms with Crippen LogP contribution in [0.2, 0.25) is 0 Å². The largest absolute Gasteiger partial charge is 4.00 e. The van der Waals surface area contributed by atoms with Gasteiger partial charge in [-0.2, -0.15) is 0 Å². The molecule has 0 aromatic rings. The van der Waals surface area contributed by atoms with E-state index in [4.69, 9.17) is 0 Å². The van der Waals surface area contributed by atoms with Crippen molar-refractivity contribution in [2.24, 2.45) is 23.7 Å². The van der Waals surface area contributed by atoms with Crippen LogP contribution in [0.25, 0.3) is 0 Å². The van der Waals surface area contributed by atoms with Crippen LogP contribution in [0.4, 0.5) is 0 Å². The van der Waals surface area contributed by atoms with Crippen molar-refractivity contribution in [3.8, 4) is 0 Å². The molecule has 0 N–H and O–H groups in total. The van der Waals surface area contributed by atoms with Gasteiger partial charge in [0.1, 0.15) is 0 Å². The van der Waals surface area contributed by atoms with Gasteiger partial charge in [-0.3, -0.25) is 0 Å². The van der Waals surface area contributed by atoms with Crippen molar-refractivity contribution in [1.29, 1.82) is 0 Å². The van der Waals surface area contributed by atoms with E-state index in [1.165, 1.54) is 0 Å². The van der Waals surface area contributed by atoms with Crippen LogP contribution in [0.15, 0.2) is 0 Å². The quantitative estimate of drug-likeness (QED) is 0.636. The summed E-state index contributed by atoms with van der Waals surface area (Å²) in [7, 11) is 0. The zero-order valence-corrected chi connectivity index (χ0v) is 17.4. The van der Waals surface area contributed by atoms with Crippen molar-refractivity contribution >= 4 is 17.6 Å². The Bertz CT molecular complexity index is 108. The molecule has 0 heterocycles. The van der Waals surface area contributed by atoms with E-state index in [1.54, 1.807) is 0 Å². The third-order valence-electron chi connectivity index (χ3n) is 1.33. The van der Waals surface area contributed by atoms with Crippen LogP contribution < -0.4 is 20.4 Å². The van der Waals surface area contributed by atoms with Gasteiger partial charge in [0.25, 0.3) is 0 Å². The molecule has 0 aliphatic carbocycles. The van der Waals surface area contributed by atoms with E-state index < -0.39 is 0 Å². The fourth-order valence-corrected chi connectivity index (χ4v) is 0. The zero-order chi connectivity index (χ0) is 17.1. The van der Waals surface area contributed by atoms with E-state index in [0.717, 1.165) is 0 Å².